The molecule has 4 nitrogen and oxygen atoms in total. The number of aliphatic hydroxyl groups excluding tert-OH is 1. The zero-order valence-electron chi connectivity index (χ0n) is 15.5. The lowest BCUT2D eigenvalue weighted by Gasteiger charge is -2.21. The number of ether oxygens (including phenoxy) is 1. The van der Waals surface area contributed by atoms with Gasteiger partial charge >= 0.3 is 0 Å². The van der Waals surface area contributed by atoms with Gasteiger partial charge in [0.05, 0.1) is 10.2 Å². The summed E-state index contributed by atoms with van der Waals surface area (Å²) in [6, 6.07) is 16.4. The average Bonchev–Trinajstić information content (AvgIpc) is 3.41. The topological polar surface area (TPSA) is 45.6 Å². The lowest BCUT2D eigenvalue weighted by Crippen LogP contribution is -2.30. The molecular weight excluding hydrogens is 356 g/mol. The van der Waals surface area contributed by atoms with E-state index in [2.05, 4.69) is 28.1 Å². The van der Waals surface area contributed by atoms with Gasteiger partial charge in [-0.05, 0) is 61.4 Å². The van der Waals surface area contributed by atoms with Crippen LogP contribution in [0.3, 0.4) is 0 Å². The van der Waals surface area contributed by atoms with Crippen LogP contribution in [0.4, 0.5) is 0 Å². The molecule has 5 heteroatoms. The predicted octanol–water partition coefficient (Wildman–Crippen LogP) is 4.73. The van der Waals surface area contributed by atoms with Crippen LogP contribution in [0.15, 0.2) is 48.5 Å². The largest absolute Gasteiger partial charge is 0.431 e. The molecule has 0 amide bonds. The van der Waals surface area contributed by atoms with Gasteiger partial charge in [-0.2, -0.15) is 0 Å². The van der Waals surface area contributed by atoms with Gasteiger partial charge in [-0.1, -0.05) is 35.6 Å². The quantitative estimate of drug-likeness (QED) is 0.551. The van der Waals surface area contributed by atoms with Gasteiger partial charge in [0.1, 0.15) is 5.75 Å². The number of aromatic nitrogens is 1. The summed E-state index contributed by atoms with van der Waals surface area (Å²) < 4.78 is 7.07. The van der Waals surface area contributed by atoms with Crippen LogP contribution in [0, 0.1) is 5.92 Å². The molecule has 2 aromatic carbocycles. The Bertz CT molecular complexity index is 825. The summed E-state index contributed by atoms with van der Waals surface area (Å²) in [6.07, 6.45) is 4.63. The Hall–Kier alpha value is -1.95. The molecule has 27 heavy (non-hydrogen) atoms. The first-order valence-electron chi connectivity index (χ1n) is 9.76. The second-order valence-electron chi connectivity index (χ2n) is 7.26. The van der Waals surface area contributed by atoms with E-state index in [9.17, 15) is 0 Å². The van der Waals surface area contributed by atoms with E-state index >= 15 is 0 Å². The number of hydrogen-bond donors (Lipinski definition) is 1. The highest BCUT2D eigenvalue weighted by Gasteiger charge is 2.23. The number of para-hydroxylation sites is 1. The summed E-state index contributed by atoms with van der Waals surface area (Å²) in [4.78, 5) is 7.02. The number of fused-ring (bicyclic) bond motifs is 1. The van der Waals surface area contributed by atoms with E-state index in [1.165, 1.54) is 24.9 Å². The van der Waals surface area contributed by atoms with Crippen LogP contribution in [0.5, 0.6) is 10.9 Å². The molecule has 0 saturated heterocycles. The number of nitrogens with zero attached hydrogens (tertiary/aromatic N) is 2. The molecule has 0 unspecified atom stereocenters. The van der Waals surface area contributed by atoms with Gasteiger partial charge in [0.25, 0.3) is 5.19 Å². The summed E-state index contributed by atoms with van der Waals surface area (Å²) >= 11 is 1.57. The van der Waals surface area contributed by atoms with Crippen LogP contribution < -0.4 is 4.74 Å². The van der Waals surface area contributed by atoms with Gasteiger partial charge in [0.2, 0.25) is 0 Å². The lowest BCUT2D eigenvalue weighted by atomic mass is 10.1. The molecule has 1 aliphatic carbocycles. The van der Waals surface area contributed by atoms with Crippen molar-refractivity contribution in [3.63, 3.8) is 0 Å². The molecule has 0 bridgehead atoms. The normalized spacial score (nSPS) is 14.1. The van der Waals surface area contributed by atoms with E-state index in [-0.39, 0.29) is 6.61 Å². The third-order valence-corrected chi connectivity index (χ3v) is 5.88. The molecule has 1 fully saturated rings. The molecule has 0 aliphatic heterocycles. The Labute approximate surface area is 164 Å². The minimum Gasteiger partial charge on any atom is -0.431 e. The Balaban J connectivity index is 1.32. The molecule has 142 valence electrons. The number of aliphatic hydroxyl groups is 1. The Kier molecular flexibility index (Phi) is 6.02. The van der Waals surface area contributed by atoms with Crippen molar-refractivity contribution >= 4 is 21.6 Å². The summed E-state index contributed by atoms with van der Waals surface area (Å²) in [5.41, 5.74) is 2.30. The summed E-state index contributed by atoms with van der Waals surface area (Å²) in [5, 5.41) is 9.79. The van der Waals surface area contributed by atoms with Crippen LogP contribution >= 0.6 is 11.3 Å². The minimum absolute atomic E-state index is 0.277. The first-order chi connectivity index (χ1) is 13.3. The highest BCUT2D eigenvalue weighted by molar-refractivity contribution is 7.20. The standard InChI is InChI=1S/C22H26N2O2S/c25-15-3-13-24(16-18-6-7-18)14-12-17-8-10-19(11-9-17)26-22-23-20-4-1-2-5-21(20)27-22/h1-2,4-5,8-11,18,25H,3,6-7,12-16H2. The highest BCUT2D eigenvalue weighted by atomic mass is 32.1. The molecule has 1 aliphatic rings. The summed E-state index contributed by atoms with van der Waals surface area (Å²) in [7, 11) is 0. The number of thiazole rings is 1. The van der Waals surface area contributed by atoms with E-state index in [4.69, 9.17) is 9.84 Å². The van der Waals surface area contributed by atoms with Crippen molar-refractivity contribution in [3.8, 4) is 10.9 Å². The second-order valence-corrected chi connectivity index (χ2v) is 8.26. The molecule has 1 N–H and O–H groups in total. The van der Waals surface area contributed by atoms with Gasteiger partial charge < -0.3 is 14.7 Å². The summed E-state index contributed by atoms with van der Waals surface area (Å²) in [6.45, 7) is 3.50. The minimum atomic E-state index is 0.277. The molecule has 1 heterocycles. The SMILES string of the molecule is OCCCN(CCc1ccc(Oc2nc3ccccc3s2)cc1)CC1CC1. The smallest absolute Gasteiger partial charge is 0.279 e. The third-order valence-electron chi connectivity index (χ3n) is 4.97. The first-order valence-corrected chi connectivity index (χ1v) is 10.6. The highest BCUT2D eigenvalue weighted by Crippen LogP contribution is 2.31. The van der Waals surface area contributed by atoms with Crippen LogP contribution in [0.2, 0.25) is 0 Å². The fourth-order valence-electron chi connectivity index (χ4n) is 3.26. The maximum absolute atomic E-state index is 9.10. The molecular formula is C22H26N2O2S. The summed E-state index contributed by atoms with van der Waals surface area (Å²) in [5.74, 6) is 1.71. The molecule has 0 atom stereocenters. The van der Waals surface area contributed by atoms with Crippen molar-refractivity contribution < 1.29 is 9.84 Å². The number of hydrogen-bond acceptors (Lipinski definition) is 5. The van der Waals surface area contributed by atoms with Crippen LogP contribution in [0.1, 0.15) is 24.8 Å². The third kappa shape index (κ3) is 5.28. The average molecular weight is 383 g/mol. The van der Waals surface area contributed by atoms with E-state index in [0.717, 1.165) is 47.8 Å². The molecule has 1 aromatic heterocycles. The van der Waals surface area contributed by atoms with Gasteiger partial charge in [0, 0.05) is 26.2 Å². The monoisotopic (exact) mass is 382 g/mol. The van der Waals surface area contributed by atoms with Gasteiger partial charge in [-0.15, -0.1) is 0 Å². The van der Waals surface area contributed by atoms with Crippen molar-refractivity contribution in [1.29, 1.82) is 0 Å². The van der Waals surface area contributed by atoms with E-state index < -0.39 is 0 Å². The first kappa shape index (κ1) is 18.4. The zero-order chi connectivity index (χ0) is 18.5. The Morgan fingerprint density at radius 3 is 2.63 bits per heavy atom. The van der Waals surface area contributed by atoms with Crippen molar-refractivity contribution in [2.45, 2.75) is 25.7 Å². The van der Waals surface area contributed by atoms with E-state index in [1.807, 2.05) is 30.3 Å². The van der Waals surface area contributed by atoms with Gasteiger partial charge in [0.15, 0.2) is 0 Å². The number of rotatable bonds is 10. The fraction of sp³-hybridized carbons (Fsp3) is 0.409. The van der Waals surface area contributed by atoms with Crippen LogP contribution in [0.25, 0.3) is 10.2 Å². The number of benzene rings is 2. The van der Waals surface area contributed by atoms with Crippen molar-refractivity contribution in [3.05, 3.63) is 54.1 Å². The molecule has 0 radical (unpaired) electrons. The lowest BCUT2D eigenvalue weighted by molar-refractivity contribution is 0.219. The van der Waals surface area contributed by atoms with E-state index in [0.29, 0.717) is 5.19 Å². The van der Waals surface area contributed by atoms with Gasteiger partial charge in [-0.3, -0.25) is 0 Å². The predicted molar refractivity (Wildman–Crippen MR) is 111 cm³/mol. The maximum atomic E-state index is 9.10. The van der Waals surface area contributed by atoms with Crippen molar-refractivity contribution in [2.75, 3.05) is 26.2 Å². The fourth-order valence-corrected chi connectivity index (χ4v) is 4.10. The van der Waals surface area contributed by atoms with E-state index in [1.54, 1.807) is 11.3 Å². The maximum Gasteiger partial charge on any atom is 0.279 e. The van der Waals surface area contributed by atoms with Gasteiger partial charge in [-0.25, -0.2) is 4.98 Å². The Morgan fingerprint density at radius 1 is 1.07 bits per heavy atom. The molecule has 3 aromatic rings. The zero-order valence-corrected chi connectivity index (χ0v) is 16.3. The molecule has 1 saturated carbocycles. The van der Waals surface area contributed by atoms with Crippen LogP contribution in [-0.2, 0) is 6.42 Å². The second kappa shape index (κ2) is 8.83. The van der Waals surface area contributed by atoms with Crippen LogP contribution in [-0.4, -0.2) is 41.2 Å². The Morgan fingerprint density at radius 2 is 1.89 bits per heavy atom. The molecule has 4 rings (SSSR count). The molecule has 0 spiro atoms. The van der Waals surface area contributed by atoms with Crippen molar-refractivity contribution in [1.82, 2.24) is 9.88 Å². The van der Waals surface area contributed by atoms with Crippen molar-refractivity contribution in [2.24, 2.45) is 5.92 Å².